The Labute approximate surface area is 205 Å². The van der Waals surface area contributed by atoms with Crippen molar-refractivity contribution in [3.63, 3.8) is 0 Å². The zero-order chi connectivity index (χ0) is 24.6. The summed E-state index contributed by atoms with van der Waals surface area (Å²) in [7, 11) is 2.09. The predicted octanol–water partition coefficient (Wildman–Crippen LogP) is 5.47. The van der Waals surface area contributed by atoms with Crippen molar-refractivity contribution in [2.45, 2.75) is 89.8 Å². The molecule has 0 saturated carbocycles. The molecule has 33 heavy (non-hydrogen) atoms. The van der Waals surface area contributed by atoms with Crippen molar-refractivity contribution >= 4 is 29.2 Å². The van der Waals surface area contributed by atoms with E-state index in [1.54, 1.807) is 0 Å². The molecule has 0 radical (unpaired) electrons. The Hall–Kier alpha value is -1.73. The zero-order valence-corrected chi connectivity index (χ0v) is 22.4. The van der Waals surface area contributed by atoms with E-state index in [0.717, 1.165) is 68.1 Å². The normalized spacial score (nSPS) is 20.2. The Morgan fingerprint density at radius 3 is 2.39 bits per heavy atom. The fraction of sp³-hybridized carbons (Fsp3) is 0.692. The number of benzene rings is 1. The van der Waals surface area contributed by atoms with Gasteiger partial charge in [0.05, 0.1) is 5.69 Å². The lowest BCUT2D eigenvalue weighted by atomic mass is 10.1. The average molecular weight is 478 g/mol. The van der Waals surface area contributed by atoms with Gasteiger partial charge in [-0.1, -0.05) is 45.0 Å². The smallest absolute Gasteiger partial charge is 0.410 e. The summed E-state index contributed by atoms with van der Waals surface area (Å²) < 4.78 is 5.64. The van der Waals surface area contributed by atoms with E-state index in [2.05, 4.69) is 42.0 Å². The first-order valence-corrected chi connectivity index (χ1v) is 13.3. The van der Waals surface area contributed by atoms with E-state index in [0.29, 0.717) is 0 Å². The summed E-state index contributed by atoms with van der Waals surface area (Å²) in [6.07, 6.45) is 4.06. The van der Waals surface area contributed by atoms with Crippen LogP contribution in [0.15, 0.2) is 23.1 Å². The summed E-state index contributed by atoms with van der Waals surface area (Å²) in [6.45, 7) is 15.5. The van der Waals surface area contributed by atoms with Crippen LogP contribution in [0.1, 0.15) is 66.4 Å². The Morgan fingerprint density at radius 1 is 1.21 bits per heavy atom. The Bertz CT molecular complexity index is 767. The first-order valence-electron chi connectivity index (χ1n) is 12.4. The topological polar surface area (TPSA) is 53.1 Å². The Kier molecular flexibility index (Phi) is 10.6. The molecule has 3 rings (SSSR count). The van der Waals surface area contributed by atoms with Crippen molar-refractivity contribution in [1.29, 1.82) is 0 Å². The van der Waals surface area contributed by atoms with Crippen LogP contribution in [0.3, 0.4) is 0 Å². The number of hydrogen-bond donors (Lipinski definition) is 0. The highest BCUT2D eigenvalue weighted by Gasteiger charge is 2.44. The van der Waals surface area contributed by atoms with Crippen molar-refractivity contribution in [3.8, 4) is 0 Å². The SMILES string of the molecule is CC.CCCc1ccc(N(C)CCN2CC3CCC(C2)N3C(=O)OC(C)(C)C)c(SC=O)c1. The number of piperazine rings is 1. The molecule has 2 heterocycles. The molecule has 2 aliphatic heterocycles. The number of anilines is 1. The molecule has 0 aromatic heterocycles. The number of hydrogen-bond acceptors (Lipinski definition) is 6. The van der Waals surface area contributed by atoms with Crippen molar-refractivity contribution in [2.75, 3.05) is 38.1 Å². The van der Waals surface area contributed by atoms with Gasteiger partial charge in [0.2, 0.25) is 0 Å². The van der Waals surface area contributed by atoms with Crippen molar-refractivity contribution in [2.24, 2.45) is 0 Å². The maximum absolute atomic E-state index is 12.7. The number of nitrogens with zero attached hydrogens (tertiary/aromatic N) is 3. The molecule has 0 aliphatic carbocycles. The number of carbonyl (C=O) groups excluding carboxylic acids is 2. The van der Waals surface area contributed by atoms with E-state index >= 15 is 0 Å². The first-order chi connectivity index (χ1) is 15.7. The van der Waals surface area contributed by atoms with Crippen molar-refractivity contribution in [3.05, 3.63) is 23.8 Å². The van der Waals surface area contributed by atoms with Gasteiger partial charge in [-0.2, -0.15) is 0 Å². The molecule has 0 N–H and O–H groups in total. The average Bonchev–Trinajstić information content (AvgIpc) is 3.03. The van der Waals surface area contributed by atoms with E-state index in [-0.39, 0.29) is 18.2 Å². The fourth-order valence-corrected chi connectivity index (χ4v) is 5.33. The van der Waals surface area contributed by atoms with Gasteiger partial charge in [-0.3, -0.25) is 14.6 Å². The number of carbonyl (C=O) groups is 2. The van der Waals surface area contributed by atoms with E-state index in [1.165, 1.54) is 17.3 Å². The number of likely N-dealkylation sites (N-methyl/N-ethyl adjacent to an activating group) is 1. The number of ether oxygens (including phenoxy) is 1. The second-order valence-corrected chi connectivity index (χ2v) is 10.6. The highest BCUT2D eigenvalue weighted by Crippen LogP contribution is 2.33. The van der Waals surface area contributed by atoms with Gasteiger partial charge in [-0.05, 0) is 57.7 Å². The molecule has 0 spiro atoms. The van der Waals surface area contributed by atoms with Crippen molar-refractivity contribution < 1.29 is 14.3 Å². The molecule has 186 valence electrons. The lowest BCUT2D eigenvalue weighted by molar-refractivity contribution is -0.00397. The summed E-state index contributed by atoms with van der Waals surface area (Å²) in [5.74, 6) is 0. The largest absolute Gasteiger partial charge is 0.444 e. The highest BCUT2D eigenvalue weighted by molar-refractivity contribution is 8.12. The van der Waals surface area contributed by atoms with Crippen LogP contribution < -0.4 is 4.90 Å². The molecule has 2 saturated heterocycles. The molecule has 7 heteroatoms. The van der Waals surface area contributed by atoms with Crippen LogP contribution >= 0.6 is 11.8 Å². The van der Waals surface area contributed by atoms with Gasteiger partial charge >= 0.3 is 6.09 Å². The number of aryl methyl sites for hydroxylation is 1. The third-order valence-electron chi connectivity index (χ3n) is 6.06. The first kappa shape index (κ1) is 27.5. The van der Waals surface area contributed by atoms with Crippen LogP contribution in [0.25, 0.3) is 0 Å². The molecule has 2 atom stereocenters. The predicted molar refractivity (Wildman–Crippen MR) is 139 cm³/mol. The zero-order valence-electron chi connectivity index (χ0n) is 21.6. The summed E-state index contributed by atoms with van der Waals surface area (Å²) in [6, 6.07) is 6.95. The van der Waals surface area contributed by atoms with Crippen molar-refractivity contribution in [1.82, 2.24) is 9.80 Å². The van der Waals surface area contributed by atoms with Crippen LogP contribution in [0.5, 0.6) is 0 Å². The maximum atomic E-state index is 12.7. The standard InChI is InChI=1S/C24H37N3O3S.C2H6/c1-6-7-18-8-11-21(22(14-18)31-17-28)25(5)12-13-26-15-19-9-10-20(16-26)27(19)23(29)30-24(2,3)4;1-2/h8,11,14,17,19-20H,6-7,9-10,12-13,15-16H2,1-5H3;1-2H3. The molecular weight excluding hydrogens is 434 g/mol. The third kappa shape index (κ3) is 7.64. The maximum Gasteiger partial charge on any atom is 0.410 e. The molecular formula is C26H43N3O3S. The molecule has 1 amide bonds. The van der Waals surface area contributed by atoms with E-state index in [4.69, 9.17) is 4.74 Å². The quantitative estimate of drug-likeness (QED) is 0.366. The van der Waals surface area contributed by atoms with Crippen LogP contribution in [-0.4, -0.2) is 72.4 Å². The minimum absolute atomic E-state index is 0.167. The highest BCUT2D eigenvalue weighted by atomic mass is 32.2. The molecule has 6 nitrogen and oxygen atoms in total. The molecule has 2 bridgehead atoms. The summed E-state index contributed by atoms with van der Waals surface area (Å²) in [4.78, 5) is 31.5. The number of thioether (sulfide) groups is 1. The monoisotopic (exact) mass is 477 g/mol. The summed E-state index contributed by atoms with van der Waals surface area (Å²) in [5.41, 5.74) is 2.84. The number of amides is 1. The van der Waals surface area contributed by atoms with Gasteiger partial charge in [-0.15, -0.1) is 0 Å². The van der Waals surface area contributed by atoms with Gasteiger partial charge in [0.15, 0.2) is 5.62 Å². The lowest BCUT2D eigenvalue weighted by Crippen LogP contribution is -2.57. The van der Waals surface area contributed by atoms with E-state index in [1.807, 2.05) is 39.5 Å². The van der Waals surface area contributed by atoms with Gasteiger partial charge in [0.1, 0.15) is 5.60 Å². The summed E-state index contributed by atoms with van der Waals surface area (Å²) >= 11 is 1.26. The van der Waals surface area contributed by atoms with Crippen LogP contribution in [0, 0.1) is 0 Å². The van der Waals surface area contributed by atoms with E-state index in [9.17, 15) is 9.59 Å². The molecule has 2 unspecified atom stereocenters. The molecule has 1 aromatic carbocycles. The fourth-order valence-electron chi connectivity index (χ4n) is 4.66. The van der Waals surface area contributed by atoms with Gasteiger partial charge in [-0.25, -0.2) is 4.79 Å². The molecule has 1 aromatic rings. The van der Waals surface area contributed by atoms with Crippen LogP contribution in [0.4, 0.5) is 10.5 Å². The second kappa shape index (κ2) is 12.7. The van der Waals surface area contributed by atoms with Gasteiger partial charge in [0, 0.05) is 50.2 Å². The number of likely N-dealkylation sites (tertiary alicyclic amines) is 1. The minimum Gasteiger partial charge on any atom is -0.444 e. The van der Waals surface area contributed by atoms with Crippen LogP contribution in [0.2, 0.25) is 0 Å². The molecule has 2 fully saturated rings. The van der Waals surface area contributed by atoms with Gasteiger partial charge < -0.3 is 9.64 Å². The lowest BCUT2D eigenvalue weighted by Gasteiger charge is -2.41. The number of fused-ring (bicyclic) bond motifs is 2. The number of rotatable bonds is 8. The summed E-state index contributed by atoms with van der Waals surface area (Å²) in [5, 5.41) is 0. The third-order valence-corrected chi connectivity index (χ3v) is 6.74. The Morgan fingerprint density at radius 2 is 1.85 bits per heavy atom. The minimum atomic E-state index is -0.458. The van der Waals surface area contributed by atoms with E-state index < -0.39 is 5.60 Å². The second-order valence-electron chi connectivity index (χ2n) is 9.72. The van der Waals surface area contributed by atoms with Gasteiger partial charge in [0.25, 0.3) is 0 Å². The van der Waals surface area contributed by atoms with Crippen LogP contribution in [-0.2, 0) is 16.0 Å². The molecule has 2 aliphatic rings. The Balaban J connectivity index is 0.00000187.